The fraction of sp³-hybridized carbons (Fsp3) is 0.348. The third kappa shape index (κ3) is 7.95. The van der Waals surface area contributed by atoms with Crippen molar-refractivity contribution >= 4 is 34.9 Å². The number of carbonyl (C=O) groups is 3. The van der Waals surface area contributed by atoms with E-state index in [0.29, 0.717) is 17.1 Å². The molecule has 2 aromatic carbocycles. The van der Waals surface area contributed by atoms with Crippen molar-refractivity contribution in [1.82, 2.24) is 4.90 Å². The summed E-state index contributed by atoms with van der Waals surface area (Å²) in [7, 11) is 0. The minimum Gasteiger partial charge on any atom is -0.343 e. The van der Waals surface area contributed by atoms with Crippen molar-refractivity contribution in [1.29, 1.82) is 0 Å². The lowest BCUT2D eigenvalue weighted by Crippen LogP contribution is -2.33. The number of anilines is 3. The number of hydrogen-bond acceptors (Lipinski definition) is 3. The van der Waals surface area contributed by atoms with E-state index in [-0.39, 0.29) is 30.7 Å². The van der Waals surface area contributed by atoms with Crippen LogP contribution in [-0.4, -0.2) is 35.8 Å². The fourth-order valence-corrected chi connectivity index (χ4v) is 2.95. The molecule has 2 rings (SSSR count). The van der Waals surface area contributed by atoms with Gasteiger partial charge in [0, 0.05) is 43.0 Å². The molecule has 30 heavy (non-hydrogen) atoms. The summed E-state index contributed by atoms with van der Waals surface area (Å²) in [6.45, 7) is 5.51. The van der Waals surface area contributed by atoms with Gasteiger partial charge in [0.25, 0.3) is 0 Å². The van der Waals surface area contributed by atoms with E-state index in [9.17, 15) is 14.4 Å². The number of para-hydroxylation sites is 1. The number of benzene rings is 2. The highest BCUT2D eigenvalue weighted by molar-refractivity contribution is 6.00. The van der Waals surface area contributed by atoms with Gasteiger partial charge in [-0.05, 0) is 49.2 Å². The molecule has 0 spiro atoms. The maximum atomic E-state index is 12.3. The normalized spacial score (nSPS) is 10.2. The van der Waals surface area contributed by atoms with Crippen LogP contribution in [0.25, 0.3) is 0 Å². The molecule has 0 radical (unpaired) electrons. The molecule has 0 saturated heterocycles. The predicted molar refractivity (Wildman–Crippen MR) is 121 cm³/mol. The van der Waals surface area contributed by atoms with Crippen molar-refractivity contribution in [3.05, 3.63) is 54.6 Å². The maximum Gasteiger partial charge on any atom is 0.323 e. The van der Waals surface area contributed by atoms with E-state index in [1.807, 2.05) is 36.9 Å². The number of rotatable bonds is 10. The second kappa shape index (κ2) is 12.3. The number of nitrogens with one attached hydrogen (secondary N) is 3. The van der Waals surface area contributed by atoms with Crippen LogP contribution >= 0.6 is 0 Å². The first kappa shape index (κ1) is 22.9. The Morgan fingerprint density at radius 1 is 0.700 bits per heavy atom. The largest absolute Gasteiger partial charge is 0.343 e. The smallest absolute Gasteiger partial charge is 0.323 e. The molecule has 0 saturated carbocycles. The molecule has 3 N–H and O–H groups in total. The average molecular weight is 411 g/mol. The minimum atomic E-state index is -0.347. The lowest BCUT2D eigenvalue weighted by atomic mass is 10.2. The SMILES string of the molecule is CCCN(CCC)C(=O)CCC(=O)Nc1ccc(NC(=O)Nc2ccccc2)cc1. The van der Waals surface area contributed by atoms with Crippen LogP contribution in [0.1, 0.15) is 39.5 Å². The molecule has 0 unspecified atom stereocenters. The van der Waals surface area contributed by atoms with E-state index in [1.165, 1.54) is 0 Å². The van der Waals surface area contributed by atoms with Gasteiger partial charge in [-0.1, -0.05) is 32.0 Å². The van der Waals surface area contributed by atoms with Gasteiger partial charge in [0.15, 0.2) is 0 Å². The molecule has 0 atom stereocenters. The number of amides is 4. The van der Waals surface area contributed by atoms with Gasteiger partial charge in [-0.25, -0.2) is 4.79 Å². The second-order valence-corrected chi connectivity index (χ2v) is 6.95. The van der Waals surface area contributed by atoms with E-state index in [0.717, 1.165) is 25.9 Å². The van der Waals surface area contributed by atoms with E-state index in [1.54, 1.807) is 36.4 Å². The first-order chi connectivity index (χ1) is 14.5. The summed E-state index contributed by atoms with van der Waals surface area (Å²) in [6, 6.07) is 15.6. The first-order valence-electron chi connectivity index (χ1n) is 10.3. The molecule has 7 nitrogen and oxygen atoms in total. The van der Waals surface area contributed by atoms with Gasteiger partial charge >= 0.3 is 6.03 Å². The summed E-state index contributed by atoms with van der Waals surface area (Å²) in [5, 5.41) is 8.25. The Bertz CT molecular complexity index is 816. The first-order valence-corrected chi connectivity index (χ1v) is 10.3. The van der Waals surface area contributed by atoms with Gasteiger partial charge in [0.1, 0.15) is 0 Å². The van der Waals surface area contributed by atoms with E-state index >= 15 is 0 Å². The number of carbonyl (C=O) groups excluding carboxylic acids is 3. The van der Waals surface area contributed by atoms with Crippen LogP contribution < -0.4 is 16.0 Å². The summed E-state index contributed by atoms with van der Waals surface area (Å²) >= 11 is 0. The van der Waals surface area contributed by atoms with E-state index < -0.39 is 0 Å². The maximum absolute atomic E-state index is 12.3. The molecular weight excluding hydrogens is 380 g/mol. The zero-order valence-electron chi connectivity index (χ0n) is 17.6. The number of urea groups is 1. The summed E-state index contributed by atoms with van der Waals surface area (Å²) in [4.78, 5) is 38.2. The number of nitrogens with zero attached hydrogens (tertiary/aromatic N) is 1. The van der Waals surface area contributed by atoms with Gasteiger partial charge in [-0.2, -0.15) is 0 Å². The van der Waals surface area contributed by atoms with Crippen LogP contribution in [0.2, 0.25) is 0 Å². The third-order valence-electron chi connectivity index (χ3n) is 4.36. The van der Waals surface area contributed by atoms with Crippen LogP contribution in [0, 0.1) is 0 Å². The molecule has 0 aliphatic carbocycles. The minimum absolute atomic E-state index is 0.0119. The standard InChI is InChI=1S/C23H30N4O3/c1-3-16-27(17-4-2)22(29)15-14-21(28)24-19-10-12-20(13-11-19)26-23(30)25-18-8-6-5-7-9-18/h5-13H,3-4,14-17H2,1-2H3,(H,24,28)(H2,25,26,30). The molecule has 0 aliphatic rings. The van der Waals surface area contributed by atoms with Crippen molar-refractivity contribution in [2.45, 2.75) is 39.5 Å². The molecule has 0 fully saturated rings. The average Bonchev–Trinajstić information content (AvgIpc) is 2.74. The Kier molecular flexibility index (Phi) is 9.37. The lowest BCUT2D eigenvalue weighted by molar-refractivity contribution is -0.132. The Morgan fingerprint density at radius 3 is 1.73 bits per heavy atom. The highest BCUT2D eigenvalue weighted by Gasteiger charge is 2.13. The zero-order chi connectivity index (χ0) is 21.8. The van der Waals surface area contributed by atoms with Crippen molar-refractivity contribution in [2.24, 2.45) is 0 Å². The summed E-state index contributed by atoms with van der Waals surface area (Å²) < 4.78 is 0. The highest BCUT2D eigenvalue weighted by Crippen LogP contribution is 2.15. The monoisotopic (exact) mass is 410 g/mol. The molecule has 7 heteroatoms. The van der Waals surface area contributed by atoms with Crippen LogP contribution in [0.4, 0.5) is 21.9 Å². The third-order valence-corrected chi connectivity index (χ3v) is 4.36. The van der Waals surface area contributed by atoms with Crippen molar-refractivity contribution in [2.75, 3.05) is 29.0 Å². The second-order valence-electron chi connectivity index (χ2n) is 6.95. The lowest BCUT2D eigenvalue weighted by Gasteiger charge is -2.21. The van der Waals surface area contributed by atoms with Gasteiger partial charge in [-0.3, -0.25) is 9.59 Å². The fourth-order valence-electron chi connectivity index (χ4n) is 2.95. The van der Waals surface area contributed by atoms with E-state index in [4.69, 9.17) is 0 Å². The highest BCUT2D eigenvalue weighted by atomic mass is 16.2. The Morgan fingerprint density at radius 2 is 1.20 bits per heavy atom. The van der Waals surface area contributed by atoms with Gasteiger partial charge in [0.2, 0.25) is 11.8 Å². The van der Waals surface area contributed by atoms with Crippen molar-refractivity contribution < 1.29 is 14.4 Å². The van der Waals surface area contributed by atoms with Crippen molar-refractivity contribution in [3.63, 3.8) is 0 Å². The summed E-state index contributed by atoms with van der Waals surface area (Å²) in [5.41, 5.74) is 1.91. The Hall–Kier alpha value is -3.35. The van der Waals surface area contributed by atoms with E-state index in [2.05, 4.69) is 16.0 Å². The molecule has 0 bridgehead atoms. The van der Waals surface area contributed by atoms with Crippen LogP contribution in [0.5, 0.6) is 0 Å². The molecule has 2 aromatic rings. The Labute approximate surface area is 177 Å². The van der Waals surface area contributed by atoms with Crippen LogP contribution in [0.3, 0.4) is 0 Å². The molecule has 4 amide bonds. The number of hydrogen-bond donors (Lipinski definition) is 3. The topological polar surface area (TPSA) is 90.5 Å². The summed E-state index contributed by atoms with van der Waals surface area (Å²) in [5.74, 6) is -0.198. The Balaban J connectivity index is 1.78. The van der Waals surface area contributed by atoms with Crippen LogP contribution in [0.15, 0.2) is 54.6 Å². The predicted octanol–water partition coefficient (Wildman–Crippen LogP) is 4.70. The van der Waals surface area contributed by atoms with Gasteiger partial charge in [0.05, 0.1) is 0 Å². The molecule has 0 heterocycles. The molecule has 0 aliphatic heterocycles. The zero-order valence-corrected chi connectivity index (χ0v) is 17.6. The van der Waals surface area contributed by atoms with Gasteiger partial charge in [-0.15, -0.1) is 0 Å². The molecule has 0 aromatic heterocycles. The molecule has 160 valence electrons. The van der Waals surface area contributed by atoms with Crippen LogP contribution in [-0.2, 0) is 9.59 Å². The molecular formula is C23H30N4O3. The van der Waals surface area contributed by atoms with Gasteiger partial charge < -0.3 is 20.9 Å². The van der Waals surface area contributed by atoms with Crippen molar-refractivity contribution in [3.8, 4) is 0 Å². The quantitative estimate of drug-likeness (QED) is 0.530. The summed E-state index contributed by atoms with van der Waals surface area (Å²) in [6.07, 6.45) is 2.15.